The van der Waals surface area contributed by atoms with Crippen LogP contribution in [0.3, 0.4) is 0 Å². The Balaban J connectivity index is 5.16. The molecule has 594 valence electrons. The number of aliphatic hydroxyl groups excluding tert-OH is 1. The Kier molecular flexibility index (Phi) is 72.5. The Hall–Kier alpha value is -1.94. The van der Waals surface area contributed by atoms with Crippen molar-refractivity contribution < 1.29 is 80.2 Å². The van der Waals surface area contributed by atoms with Gasteiger partial charge in [0.25, 0.3) is 0 Å². The predicted octanol–water partition coefficient (Wildman–Crippen LogP) is 24.4. The molecule has 5 atom stereocenters. The Morgan fingerprint density at radius 3 is 0.680 bits per heavy atom. The zero-order valence-electron chi connectivity index (χ0n) is 65.3. The van der Waals surface area contributed by atoms with Gasteiger partial charge in [0.2, 0.25) is 0 Å². The largest absolute Gasteiger partial charge is 0.472 e. The molecule has 0 aromatic rings. The third-order valence-corrected chi connectivity index (χ3v) is 20.9. The summed E-state index contributed by atoms with van der Waals surface area (Å²) in [7, 11) is -9.91. The van der Waals surface area contributed by atoms with Crippen LogP contribution in [-0.2, 0) is 65.4 Å². The summed E-state index contributed by atoms with van der Waals surface area (Å²) < 4.78 is 68.6. The van der Waals surface area contributed by atoms with Gasteiger partial charge < -0.3 is 33.8 Å². The monoisotopic (exact) mass is 1470 g/mol. The fourth-order valence-corrected chi connectivity index (χ4v) is 14.2. The molecule has 0 rings (SSSR count). The number of phosphoric acid groups is 2. The van der Waals surface area contributed by atoms with Gasteiger partial charge >= 0.3 is 39.5 Å². The van der Waals surface area contributed by atoms with Gasteiger partial charge in [-0.2, -0.15) is 0 Å². The maximum Gasteiger partial charge on any atom is 0.472 e. The van der Waals surface area contributed by atoms with Crippen LogP contribution < -0.4 is 0 Å². The second-order valence-corrected chi connectivity index (χ2v) is 32.5. The van der Waals surface area contributed by atoms with E-state index in [-0.39, 0.29) is 25.7 Å². The summed E-state index contributed by atoms with van der Waals surface area (Å²) in [6.45, 7) is 7.22. The van der Waals surface area contributed by atoms with Crippen LogP contribution in [0.4, 0.5) is 0 Å². The first kappa shape index (κ1) is 98.1. The maximum absolute atomic E-state index is 13.1. The lowest BCUT2D eigenvalue weighted by atomic mass is 10.0. The van der Waals surface area contributed by atoms with E-state index in [1.54, 1.807) is 0 Å². The first-order valence-corrected chi connectivity index (χ1v) is 45.1. The average molecular weight is 1470 g/mol. The molecule has 100 heavy (non-hydrogen) atoms. The molecule has 17 nitrogen and oxygen atoms in total. The highest BCUT2D eigenvalue weighted by atomic mass is 31.2. The van der Waals surface area contributed by atoms with Crippen LogP contribution >= 0.6 is 15.6 Å². The first-order chi connectivity index (χ1) is 48.5. The smallest absolute Gasteiger partial charge is 0.462 e. The fraction of sp³-hybridized carbons (Fsp3) is 0.951. The van der Waals surface area contributed by atoms with Gasteiger partial charge in [-0.3, -0.25) is 37.3 Å². The van der Waals surface area contributed by atoms with Crippen molar-refractivity contribution in [1.29, 1.82) is 0 Å². The lowest BCUT2D eigenvalue weighted by Gasteiger charge is -2.21. The normalized spacial score (nSPS) is 13.8. The minimum atomic E-state index is -4.96. The summed E-state index contributed by atoms with van der Waals surface area (Å²) in [5, 5.41) is 10.6. The predicted molar refractivity (Wildman–Crippen MR) is 409 cm³/mol. The van der Waals surface area contributed by atoms with E-state index in [4.69, 9.17) is 37.0 Å². The van der Waals surface area contributed by atoms with Gasteiger partial charge in [-0.25, -0.2) is 9.13 Å². The van der Waals surface area contributed by atoms with Crippen molar-refractivity contribution in [3.63, 3.8) is 0 Å². The van der Waals surface area contributed by atoms with Gasteiger partial charge in [0.15, 0.2) is 12.2 Å². The van der Waals surface area contributed by atoms with Gasteiger partial charge in [0.05, 0.1) is 26.4 Å². The second kappa shape index (κ2) is 73.9. The number of esters is 4. The molecule has 0 aliphatic rings. The van der Waals surface area contributed by atoms with E-state index in [9.17, 15) is 43.2 Å². The van der Waals surface area contributed by atoms with Crippen LogP contribution in [0, 0.1) is 5.92 Å². The number of aliphatic hydroxyl groups is 1. The zero-order chi connectivity index (χ0) is 73.4. The number of ether oxygens (including phenoxy) is 4. The SMILES string of the molecule is CCCCCCCCCCCCCCCCCCCCCCCC(=O)O[C@H](COC(=O)CCCCCCCCCCCCCCCCCCCCCC)COP(=O)(O)OC[C@@H](O)COP(=O)(O)OC[C@@H](COC(=O)CCCCCCCCC(C)C)OC(=O)CCCCCCCCCCCC. The lowest BCUT2D eigenvalue weighted by molar-refractivity contribution is -0.161. The molecule has 0 aliphatic heterocycles. The Labute approximate surface area is 613 Å². The highest BCUT2D eigenvalue weighted by Crippen LogP contribution is 2.45. The number of hydrogen-bond donors (Lipinski definition) is 3. The summed E-state index contributed by atoms with van der Waals surface area (Å²) in [6.07, 6.45) is 65.7. The number of hydrogen-bond acceptors (Lipinski definition) is 15. The highest BCUT2D eigenvalue weighted by molar-refractivity contribution is 7.47. The third kappa shape index (κ3) is 74.3. The van der Waals surface area contributed by atoms with E-state index in [1.165, 1.54) is 250 Å². The lowest BCUT2D eigenvalue weighted by Crippen LogP contribution is -2.30. The van der Waals surface area contributed by atoms with Gasteiger partial charge in [-0.05, 0) is 31.6 Å². The van der Waals surface area contributed by atoms with Crippen molar-refractivity contribution in [2.45, 2.75) is 451 Å². The van der Waals surface area contributed by atoms with Crippen molar-refractivity contribution in [2.24, 2.45) is 5.92 Å². The molecule has 0 aromatic carbocycles. The number of unbranched alkanes of at least 4 members (excludes halogenated alkanes) is 53. The summed E-state index contributed by atoms with van der Waals surface area (Å²) >= 11 is 0. The van der Waals surface area contributed by atoms with Crippen molar-refractivity contribution in [3.8, 4) is 0 Å². The Morgan fingerprint density at radius 2 is 0.460 bits per heavy atom. The van der Waals surface area contributed by atoms with Crippen LogP contribution in [0.25, 0.3) is 0 Å². The molecule has 0 saturated heterocycles. The molecule has 0 radical (unpaired) electrons. The van der Waals surface area contributed by atoms with Gasteiger partial charge in [-0.15, -0.1) is 0 Å². The van der Waals surface area contributed by atoms with E-state index in [0.29, 0.717) is 31.6 Å². The molecule has 0 amide bonds. The Bertz CT molecular complexity index is 1910. The summed E-state index contributed by atoms with van der Waals surface area (Å²) in [4.78, 5) is 72.9. The number of rotatable bonds is 81. The Morgan fingerprint density at radius 1 is 0.270 bits per heavy atom. The van der Waals surface area contributed by atoms with E-state index in [2.05, 4.69) is 34.6 Å². The average Bonchev–Trinajstić information content (AvgIpc) is 1.14. The summed E-state index contributed by atoms with van der Waals surface area (Å²) in [5.41, 5.74) is 0. The topological polar surface area (TPSA) is 237 Å². The van der Waals surface area contributed by atoms with Crippen LogP contribution in [0.15, 0.2) is 0 Å². The molecular weight excluding hydrogens is 1310 g/mol. The molecule has 19 heteroatoms. The molecule has 0 aliphatic carbocycles. The standard InChI is InChI=1S/C81H158O17P2/c1-6-9-12-15-18-21-24-26-28-30-32-34-36-38-40-42-44-47-50-57-62-67-81(86)97-76(70-91-78(83)64-59-54-48-46-43-41-39-37-35-33-31-29-27-25-22-19-16-13-10-7-2)72-95-99(87,88)93-68-75(82)69-94-100(89,90)96-73-77(71-92-79(84)65-60-55-52-51-53-58-63-74(4)5)98-80(85)66-61-56-49-45-23-20-17-14-11-8-3/h74-77,82H,6-73H2,1-5H3,(H,87,88)(H,89,90)/t75-,76-,77-/m1/s1. The summed E-state index contributed by atoms with van der Waals surface area (Å²) in [5.74, 6) is -1.43. The van der Waals surface area contributed by atoms with Gasteiger partial charge in [0, 0.05) is 25.7 Å². The van der Waals surface area contributed by atoms with Crippen LogP contribution in [0.2, 0.25) is 0 Å². The minimum absolute atomic E-state index is 0.106. The van der Waals surface area contributed by atoms with Gasteiger partial charge in [-0.1, -0.05) is 381 Å². The molecule has 0 saturated carbocycles. The second-order valence-electron chi connectivity index (χ2n) is 29.6. The third-order valence-electron chi connectivity index (χ3n) is 19.0. The quantitative estimate of drug-likeness (QED) is 0.0222. The number of carbonyl (C=O) groups excluding carboxylic acids is 4. The van der Waals surface area contributed by atoms with Crippen LogP contribution in [-0.4, -0.2) is 96.7 Å². The van der Waals surface area contributed by atoms with Crippen molar-refractivity contribution >= 4 is 39.5 Å². The fourth-order valence-electron chi connectivity index (χ4n) is 12.6. The van der Waals surface area contributed by atoms with Crippen LogP contribution in [0.1, 0.15) is 433 Å². The van der Waals surface area contributed by atoms with E-state index >= 15 is 0 Å². The van der Waals surface area contributed by atoms with Crippen molar-refractivity contribution in [2.75, 3.05) is 39.6 Å². The summed E-state index contributed by atoms with van der Waals surface area (Å²) in [6, 6.07) is 0. The van der Waals surface area contributed by atoms with E-state index in [0.717, 1.165) is 96.3 Å². The zero-order valence-corrected chi connectivity index (χ0v) is 67.1. The molecule has 0 bridgehead atoms. The van der Waals surface area contributed by atoms with E-state index in [1.807, 2.05) is 0 Å². The molecule has 2 unspecified atom stereocenters. The first-order valence-electron chi connectivity index (χ1n) is 42.1. The van der Waals surface area contributed by atoms with Crippen molar-refractivity contribution in [1.82, 2.24) is 0 Å². The van der Waals surface area contributed by atoms with Crippen LogP contribution in [0.5, 0.6) is 0 Å². The molecule has 0 spiro atoms. The molecule has 0 heterocycles. The minimum Gasteiger partial charge on any atom is -0.462 e. The van der Waals surface area contributed by atoms with Crippen molar-refractivity contribution in [3.05, 3.63) is 0 Å². The number of phosphoric ester groups is 2. The maximum atomic E-state index is 13.1. The van der Waals surface area contributed by atoms with E-state index < -0.39 is 97.5 Å². The molecular formula is C81H158O17P2. The molecule has 0 aromatic heterocycles. The highest BCUT2D eigenvalue weighted by Gasteiger charge is 2.30. The van der Waals surface area contributed by atoms with Gasteiger partial charge in [0.1, 0.15) is 19.3 Å². The number of carbonyl (C=O) groups is 4. The molecule has 3 N–H and O–H groups in total. The molecule has 0 fully saturated rings.